The molecule has 4 saturated carbocycles. The lowest BCUT2D eigenvalue weighted by Crippen LogP contribution is -2.67. The zero-order valence-electron chi connectivity index (χ0n) is 22.7. The molecule has 4 N–H and O–H groups in total. The molecule has 0 radical (unpaired) electrons. The number of aliphatic carboxylic acids is 1. The van der Waals surface area contributed by atoms with Crippen LogP contribution >= 0.6 is 0 Å². The highest BCUT2D eigenvalue weighted by Gasteiger charge is 2.70. The van der Waals surface area contributed by atoms with Crippen molar-refractivity contribution in [3.8, 4) is 0 Å². The predicted molar refractivity (Wildman–Crippen MR) is 135 cm³/mol. The molecule has 0 aromatic carbocycles. The maximum Gasteiger partial charge on any atom is 0.310 e. The van der Waals surface area contributed by atoms with Gasteiger partial charge in [0.2, 0.25) is 0 Å². The van der Waals surface area contributed by atoms with Gasteiger partial charge < -0.3 is 20.4 Å². The molecule has 4 fully saturated rings. The normalized spacial score (nSPS) is 55.0. The summed E-state index contributed by atoms with van der Waals surface area (Å²) in [6, 6.07) is 0. The summed E-state index contributed by atoms with van der Waals surface area (Å²) in [7, 11) is 0. The lowest BCUT2D eigenvalue weighted by atomic mass is 9.33. The monoisotopic (exact) mass is 488 g/mol. The average molecular weight is 489 g/mol. The fraction of sp³-hybridized carbons (Fsp3) is 0.900. The summed E-state index contributed by atoms with van der Waals surface area (Å²) in [6.07, 6.45) is 8.42. The summed E-state index contributed by atoms with van der Waals surface area (Å²) >= 11 is 0. The van der Waals surface area contributed by atoms with E-state index in [1.165, 1.54) is 5.57 Å². The predicted octanol–water partition coefficient (Wildman–Crippen LogP) is 5.18. The van der Waals surface area contributed by atoms with Gasteiger partial charge in [0, 0.05) is 6.61 Å². The van der Waals surface area contributed by atoms with E-state index in [4.69, 9.17) is 0 Å². The number of aliphatic hydroxyl groups is 3. The highest BCUT2D eigenvalue weighted by atomic mass is 16.4. The summed E-state index contributed by atoms with van der Waals surface area (Å²) in [5, 5.41) is 42.6. The van der Waals surface area contributed by atoms with Gasteiger partial charge in [0.25, 0.3) is 0 Å². The number of hydrogen-bond acceptors (Lipinski definition) is 4. The second-order valence-corrected chi connectivity index (χ2v) is 15.0. The van der Waals surface area contributed by atoms with Crippen LogP contribution in [0.15, 0.2) is 11.6 Å². The van der Waals surface area contributed by atoms with E-state index in [-0.39, 0.29) is 39.6 Å². The van der Waals surface area contributed by atoms with Crippen LogP contribution in [-0.4, -0.2) is 45.2 Å². The number of aliphatic hydroxyl groups excluding tert-OH is 3. The highest BCUT2D eigenvalue weighted by molar-refractivity contribution is 5.76. The number of fused-ring (bicyclic) bond motifs is 7. The zero-order chi connectivity index (χ0) is 25.8. The van der Waals surface area contributed by atoms with E-state index in [0.717, 1.165) is 38.5 Å². The zero-order valence-corrected chi connectivity index (χ0v) is 22.7. The van der Waals surface area contributed by atoms with Crippen LogP contribution < -0.4 is 0 Å². The molecule has 5 rings (SSSR count). The Bertz CT molecular complexity index is 941. The van der Waals surface area contributed by atoms with Crippen molar-refractivity contribution in [2.45, 2.75) is 112 Å². The van der Waals surface area contributed by atoms with Gasteiger partial charge >= 0.3 is 5.97 Å². The number of allylic oxidation sites excluding steroid dienone is 2. The topological polar surface area (TPSA) is 98.0 Å². The minimum atomic E-state index is -0.711. The van der Waals surface area contributed by atoms with Gasteiger partial charge in [-0.2, -0.15) is 0 Å². The van der Waals surface area contributed by atoms with Crippen molar-refractivity contribution >= 4 is 5.97 Å². The van der Waals surface area contributed by atoms with Gasteiger partial charge in [0.1, 0.15) is 0 Å². The third kappa shape index (κ3) is 3.07. The van der Waals surface area contributed by atoms with Crippen LogP contribution in [0.1, 0.15) is 99.3 Å². The van der Waals surface area contributed by atoms with E-state index in [2.05, 4.69) is 47.6 Å². The molecule has 0 amide bonds. The van der Waals surface area contributed by atoms with Gasteiger partial charge in [0.15, 0.2) is 0 Å². The van der Waals surface area contributed by atoms with Crippen LogP contribution in [0.4, 0.5) is 0 Å². The van der Waals surface area contributed by atoms with Crippen LogP contribution in [-0.2, 0) is 4.79 Å². The fourth-order valence-electron chi connectivity index (χ4n) is 10.8. The van der Waals surface area contributed by atoms with E-state index in [1.807, 2.05) is 0 Å². The molecule has 198 valence electrons. The number of carbonyl (C=O) groups is 1. The van der Waals surface area contributed by atoms with E-state index in [9.17, 15) is 25.2 Å². The molecule has 5 aliphatic rings. The molecular formula is C30H48O5. The molecule has 0 aliphatic heterocycles. The molecule has 0 aromatic heterocycles. The highest BCUT2D eigenvalue weighted by Crippen LogP contribution is 2.75. The fourth-order valence-corrected chi connectivity index (χ4v) is 10.8. The SMILES string of the molecule is CC1(C)[C@@H](O)[C@H](O)C[C@]2(C)[C@H]3CC=C4[C@@H]5C[C@@](C)(CO)CC[C@]5(C(=O)O)CC[C@@]4(C)[C@]3(C)CC[C@@H]12. The average Bonchev–Trinajstić information content (AvgIpc) is 2.78. The Labute approximate surface area is 211 Å². The van der Waals surface area contributed by atoms with Crippen molar-refractivity contribution in [2.75, 3.05) is 6.61 Å². The van der Waals surface area contributed by atoms with Gasteiger partial charge in [-0.25, -0.2) is 0 Å². The maximum absolute atomic E-state index is 12.8. The van der Waals surface area contributed by atoms with Crippen molar-refractivity contribution in [3.05, 3.63) is 11.6 Å². The number of carboxylic acids is 1. The smallest absolute Gasteiger partial charge is 0.310 e. The van der Waals surface area contributed by atoms with E-state index in [0.29, 0.717) is 31.1 Å². The first kappa shape index (κ1) is 25.7. The summed E-state index contributed by atoms with van der Waals surface area (Å²) in [6.45, 7) is 13.7. The summed E-state index contributed by atoms with van der Waals surface area (Å²) < 4.78 is 0. The number of carboxylic acid groups (broad SMARTS) is 1. The van der Waals surface area contributed by atoms with E-state index >= 15 is 0 Å². The molecule has 35 heavy (non-hydrogen) atoms. The van der Waals surface area contributed by atoms with Crippen LogP contribution in [0.3, 0.4) is 0 Å². The minimum absolute atomic E-state index is 0.0121. The Morgan fingerprint density at radius 2 is 1.60 bits per heavy atom. The second-order valence-electron chi connectivity index (χ2n) is 15.0. The lowest BCUT2D eigenvalue weighted by Gasteiger charge is -2.71. The molecule has 0 saturated heterocycles. The third-order valence-corrected chi connectivity index (χ3v) is 13.3. The molecule has 0 aromatic rings. The van der Waals surface area contributed by atoms with Crippen LogP contribution in [0.25, 0.3) is 0 Å². The van der Waals surface area contributed by atoms with Crippen LogP contribution in [0, 0.1) is 50.2 Å². The van der Waals surface area contributed by atoms with Gasteiger partial charge in [-0.1, -0.05) is 53.2 Å². The first-order chi connectivity index (χ1) is 16.1. The van der Waals surface area contributed by atoms with Crippen molar-refractivity contribution in [1.29, 1.82) is 0 Å². The Balaban J connectivity index is 1.60. The minimum Gasteiger partial charge on any atom is -0.481 e. The molecule has 5 heteroatoms. The largest absolute Gasteiger partial charge is 0.481 e. The first-order valence-corrected chi connectivity index (χ1v) is 14.0. The molecule has 0 unspecified atom stereocenters. The molecule has 5 nitrogen and oxygen atoms in total. The molecule has 10 atom stereocenters. The Hall–Kier alpha value is -0.910. The summed E-state index contributed by atoms with van der Waals surface area (Å²) in [4.78, 5) is 12.8. The van der Waals surface area contributed by atoms with Gasteiger partial charge in [-0.15, -0.1) is 0 Å². The van der Waals surface area contributed by atoms with Crippen molar-refractivity contribution in [3.63, 3.8) is 0 Å². The molecule has 0 bridgehead atoms. The van der Waals surface area contributed by atoms with Crippen molar-refractivity contribution in [2.24, 2.45) is 50.2 Å². The molecular weight excluding hydrogens is 440 g/mol. The number of rotatable bonds is 2. The maximum atomic E-state index is 12.8. The van der Waals surface area contributed by atoms with Gasteiger partial charge in [0.05, 0.1) is 17.6 Å². The Morgan fingerprint density at radius 1 is 0.943 bits per heavy atom. The summed E-state index contributed by atoms with van der Waals surface area (Å²) in [5.41, 5.74) is -0.0781. The number of hydrogen-bond donors (Lipinski definition) is 4. The quantitative estimate of drug-likeness (QED) is 0.402. The molecule has 5 aliphatic carbocycles. The van der Waals surface area contributed by atoms with Crippen molar-refractivity contribution < 1.29 is 25.2 Å². The standard InChI is InChI=1S/C30H48O5/c1-25(2)21-9-10-29(6)22(27(21,4)16-20(32)23(25)33)8-7-18-19-15-26(3,17-31)11-13-30(19,24(34)35)14-12-28(18,29)5/h7,19-23,31-33H,8-17H2,1-6H3,(H,34,35)/t19-,20+,21-,22+,23-,26-,27-,28+,29+,30-/m0/s1. The van der Waals surface area contributed by atoms with Gasteiger partial charge in [-0.05, 0) is 103 Å². The Kier molecular flexibility index (Phi) is 5.56. The van der Waals surface area contributed by atoms with E-state index < -0.39 is 23.6 Å². The van der Waals surface area contributed by atoms with Crippen LogP contribution in [0.5, 0.6) is 0 Å². The molecule has 0 heterocycles. The van der Waals surface area contributed by atoms with Crippen LogP contribution in [0.2, 0.25) is 0 Å². The lowest BCUT2D eigenvalue weighted by molar-refractivity contribution is -0.232. The van der Waals surface area contributed by atoms with Crippen molar-refractivity contribution in [1.82, 2.24) is 0 Å². The van der Waals surface area contributed by atoms with E-state index in [1.54, 1.807) is 0 Å². The summed E-state index contributed by atoms with van der Waals surface area (Å²) in [5.74, 6) is 0.0517. The third-order valence-electron chi connectivity index (χ3n) is 13.3. The first-order valence-electron chi connectivity index (χ1n) is 14.0. The second kappa shape index (κ2) is 7.57. The molecule has 0 spiro atoms. The Morgan fingerprint density at radius 3 is 2.23 bits per heavy atom. The van der Waals surface area contributed by atoms with Gasteiger partial charge in [-0.3, -0.25) is 4.79 Å².